The number of benzene rings is 2. The molecule has 3 heterocycles. The summed E-state index contributed by atoms with van der Waals surface area (Å²) in [7, 11) is -3.44. The van der Waals surface area contributed by atoms with Gasteiger partial charge in [-0.05, 0) is 172 Å². The van der Waals surface area contributed by atoms with Crippen LogP contribution < -0.4 is 26.4 Å². The van der Waals surface area contributed by atoms with E-state index in [0.717, 1.165) is 120 Å². The molecule has 67 heavy (non-hydrogen) atoms. The molecular weight excluding hydrogens is 926 g/mol. The van der Waals surface area contributed by atoms with E-state index in [9.17, 15) is 16.8 Å². The number of hydrogen-bond donors (Lipinski definition) is 6. The molecule has 2 aromatic heterocycles. The molecule has 7 N–H and O–H groups in total. The lowest BCUT2D eigenvalue weighted by atomic mass is 9.90. The number of rotatable bonds is 15. The Labute approximate surface area is 403 Å². The molecule has 0 radical (unpaired) electrons. The molecule has 368 valence electrons. The van der Waals surface area contributed by atoms with Crippen molar-refractivity contribution >= 4 is 61.1 Å². The van der Waals surface area contributed by atoms with Gasteiger partial charge in [-0.25, -0.2) is 31.3 Å². The molecule has 10 rings (SSSR count). The normalized spacial score (nSPS) is 19.1. The average Bonchev–Trinajstić information content (AvgIpc) is 4.17. The van der Waals surface area contributed by atoms with E-state index in [1.807, 2.05) is 0 Å². The number of nitrogens with zero attached hydrogens (tertiary/aromatic N) is 5. The van der Waals surface area contributed by atoms with Gasteiger partial charge in [0.2, 0.25) is 11.9 Å². The lowest BCUT2D eigenvalue weighted by molar-refractivity contribution is 0.0792. The first-order valence-corrected chi connectivity index (χ1v) is 32.3. The van der Waals surface area contributed by atoms with Crippen molar-refractivity contribution < 1.29 is 21.6 Å². The van der Waals surface area contributed by atoms with Crippen LogP contribution in [0.2, 0.25) is 25.7 Å². The van der Waals surface area contributed by atoms with Gasteiger partial charge < -0.3 is 26.4 Å². The summed E-state index contributed by atoms with van der Waals surface area (Å²) in [6.07, 6.45) is 23.5. The average molecular weight is 999 g/mol. The molecule has 1 aliphatic heterocycles. The summed E-state index contributed by atoms with van der Waals surface area (Å²) in [5.41, 5.74) is 18.6. The maximum atomic E-state index is 12.6. The molecular formula is C47H72ClN11O5S2Si. The molecule has 2 fully saturated rings. The summed E-state index contributed by atoms with van der Waals surface area (Å²) in [6, 6.07) is 5.92. The molecule has 0 spiro atoms. The predicted molar refractivity (Wildman–Crippen MR) is 268 cm³/mol. The summed E-state index contributed by atoms with van der Waals surface area (Å²) < 4.78 is 58.9. The van der Waals surface area contributed by atoms with Gasteiger partial charge in [0.1, 0.15) is 6.73 Å². The smallest absolute Gasteiger partial charge is 0.298 e. The van der Waals surface area contributed by atoms with Gasteiger partial charge >= 0.3 is 0 Å². The van der Waals surface area contributed by atoms with Crippen LogP contribution in [0.3, 0.4) is 0 Å². The Bertz CT molecular complexity index is 2500. The Morgan fingerprint density at radius 2 is 1.33 bits per heavy atom. The largest absolute Gasteiger partial charge is 0.359 e. The molecule has 1 saturated carbocycles. The number of aromatic nitrogens is 6. The third kappa shape index (κ3) is 12.9. The highest BCUT2D eigenvalue weighted by Gasteiger charge is 2.29. The van der Waals surface area contributed by atoms with Crippen LogP contribution >= 0.6 is 10.7 Å². The number of nitrogens with two attached hydrogens (primary N) is 1. The lowest BCUT2D eigenvalue weighted by Crippen LogP contribution is -2.43. The van der Waals surface area contributed by atoms with E-state index >= 15 is 0 Å². The van der Waals surface area contributed by atoms with Crippen molar-refractivity contribution in [2.75, 3.05) is 36.9 Å². The number of halogens is 1. The van der Waals surface area contributed by atoms with Crippen molar-refractivity contribution in [2.24, 2.45) is 11.7 Å². The van der Waals surface area contributed by atoms with Crippen LogP contribution in [0.15, 0.2) is 22.4 Å². The first-order valence-electron chi connectivity index (χ1n) is 24.8. The molecule has 0 bridgehead atoms. The Hall–Kier alpha value is -3.43. The maximum absolute atomic E-state index is 12.6. The number of hydrogen-bond acceptors (Lipinski definition) is 13. The van der Waals surface area contributed by atoms with E-state index in [2.05, 4.69) is 77.7 Å². The summed E-state index contributed by atoms with van der Waals surface area (Å²) in [4.78, 5) is 8.45. The molecule has 2 aromatic carbocycles. The van der Waals surface area contributed by atoms with Crippen LogP contribution in [0.4, 0.5) is 23.3 Å². The monoisotopic (exact) mass is 997 g/mol. The minimum absolute atomic E-state index is 0.128. The molecule has 5 aliphatic carbocycles. The number of sulfonamides is 1. The molecule has 6 aliphatic rings. The summed E-state index contributed by atoms with van der Waals surface area (Å²) in [5.74, 6) is 1.54. The molecule has 0 amide bonds. The van der Waals surface area contributed by atoms with Gasteiger partial charge in [-0.1, -0.05) is 57.5 Å². The van der Waals surface area contributed by atoms with Crippen molar-refractivity contribution in [3.05, 3.63) is 56.6 Å². The second-order valence-electron chi connectivity index (χ2n) is 20.4. The second kappa shape index (κ2) is 22.1. The summed E-state index contributed by atoms with van der Waals surface area (Å²) in [5, 5.41) is 20.4. The van der Waals surface area contributed by atoms with Crippen molar-refractivity contribution in [1.29, 1.82) is 0 Å². The number of aromatic amines is 1. The SMILES string of the molecule is C[Si](C)(C)CCOCn1nc(S(=O)(=O)Cl)nc1Nc1c2c(cc3c1CCC3)CCC2.NCC1CCCCC1.O=S(=O)(NCC1CCCCN1)c1nc(Nc2c3c(cc4c2CCC4)CCC3)n[nH]1. The minimum Gasteiger partial charge on any atom is -0.359 e. The van der Waals surface area contributed by atoms with E-state index in [1.165, 1.54) is 94.1 Å². The van der Waals surface area contributed by atoms with E-state index < -0.39 is 32.3 Å². The van der Waals surface area contributed by atoms with E-state index in [1.54, 1.807) is 0 Å². The molecule has 20 heteroatoms. The minimum atomic E-state index is -4.03. The van der Waals surface area contributed by atoms with Crippen molar-refractivity contribution in [1.82, 2.24) is 40.0 Å². The lowest BCUT2D eigenvalue weighted by Gasteiger charge is -2.23. The number of nitrogens with one attached hydrogen (secondary N) is 5. The number of fused-ring (bicyclic) bond motifs is 4. The molecule has 4 aromatic rings. The molecule has 1 saturated heterocycles. The van der Waals surface area contributed by atoms with Crippen LogP contribution in [0.5, 0.6) is 0 Å². The Morgan fingerprint density at radius 3 is 1.84 bits per heavy atom. The molecule has 1 unspecified atom stereocenters. The van der Waals surface area contributed by atoms with Crippen molar-refractivity contribution in [3.63, 3.8) is 0 Å². The van der Waals surface area contributed by atoms with Crippen molar-refractivity contribution in [3.8, 4) is 0 Å². The highest BCUT2D eigenvalue weighted by atomic mass is 35.7. The number of H-pyrrole nitrogens is 1. The van der Waals surface area contributed by atoms with Crippen LogP contribution in [0.1, 0.15) is 122 Å². The first-order chi connectivity index (χ1) is 32.1. The summed E-state index contributed by atoms with van der Waals surface area (Å²) in [6.45, 7) is 9.81. The third-order valence-corrected chi connectivity index (χ3v) is 18.2. The standard InChI is InChI=1S/C20H29ClN4O3SSi.C20H28N6O2S.C7H15N/c1-30(2,3)11-10-28-13-25-19(23-20(24-25)29(21,26)27)22-18-16-8-4-6-14(16)12-15-7-5-9-17(15)18;27-29(28,22-12-15-7-1-2-10-21-15)20-24-19(25-26-20)23-18-16-8-3-5-13(16)11-14-6-4-9-17(14)18;8-6-7-4-2-1-3-5-7/h12H,4-11,13H2,1-3H3,(H,22,23,24);11,15,21-22H,1-10,12H2,(H2,23,24,25,26);7H,1-6,8H2. The number of ether oxygens (including phenoxy) is 1. The topological polar surface area (TPSA) is 224 Å². The molecule has 16 nitrogen and oxygen atoms in total. The zero-order valence-electron chi connectivity index (χ0n) is 39.7. The summed E-state index contributed by atoms with van der Waals surface area (Å²) >= 11 is 0. The Morgan fingerprint density at radius 1 is 0.761 bits per heavy atom. The maximum Gasteiger partial charge on any atom is 0.298 e. The third-order valence-electron chi connectivity index (χ3n) is 14.2. The van der Waals surface area contributed by atoms with Crippen LogP contribution in [0.25, 0.3) is 0 Å². The van der Waals surface area contributed by atoms with Gasteiger partial charge in [-0.2, -0.15) is 9.97 Å². The fraction of sp³-hybridized carbons (Fsp3) is 0.660. The van der Waals surface area contributed by atoms with E-state index in [4.69, 9.17) is 21.2 Å². The first kappa shape index (κ1) is 50.0. The van der Waals surface area contributed by atoms with Crippen LogP contribution in [0, 0.1) is 5.92 Å². The van der Waals surface area contributed by atoms with Gasteiger partial charge in [0.15, 0.2) is 0 Å². The zero-order valence-corrected chi connectivity index (χ0v) is 43.1. The van der Waals surface area contributed by atoms with E-state index in [-0.39, 0.29) is 17.9 Å². The highest BCUT2D eigenvalue weighted by Crippen LogP contribution is 2.41. The Balaban J connectivity index is 0.000000156. The van der Waals surface area contributed by atoms with Crippen molar-refractivity contribution in [2.45, 2.75) is 177 Å². The zero-order chi connectivity index (χ0) is 47.2. The fourth-order valence-corrected chi connectivity index (χ4v) is 12.8. The predicted octanol–water partition coefficient (Wildman–Crippen LogP) is 7.71. The second-order valence-corrected chi connectivity index (χ2v) is 30.2. The quantitative estimate of drug-likeness (QED) is 0.0382. The van der Waals surface area contributed by atoms with Crippen LogP contribution in [-0.4, -0.2) is 87.1 Å². The number of anilines is 4. The van der Waals surface area contributed by atoms with Gasteiger partial charge in [-0.3, -0.25) is 0 Å². The molecule has 1 atom stereocenters. The Kier molecular flexibility index (Phi) is 16.5. The van der Waals surface area contributed by atoms with Gasteiger partial charge in [-0.15, -0.1) is 10.2 Å². The fourth-order valence-electron chi connectivity index (χ4n) is 10.5. The van der Waals surface area contributed by atoms with Crippen LogP contribution in [-0.2, 0) is 81.9 Å². The van der Waals surface area contributed by atoms with Gasteiger partial charge in [0, 0.05) is 49.3 Å². The van der Waals surface area contributed by atoms with Gasteiger partial charge in [0.05, 0.1) is 0 Å². The number of aryl methyl sites for hydroxylation is 4. The van der Waals surface area contributed by atoms with E-state index in [0.29, 0.717) is 25.0 Å². The highest BCUT2D eigenvalue weighted by molar-refractivity contribution is 8.13. The number of piperidine rings is 1. The van der Waals surface area contributed by atoms with Gasteiger partial charge in [0.25, 0.3) is 29.4 Å².